The lowest BCUT2D eigenvalue weighted by molar-refractivity contribution is -0.115. The van der Waals surface area contributed by atoms with Crippen molar-refractivity contribution >= 4 is 29.2 Å². The van der Waals surface area contributed by atoms with Crippen molar-refractivity contribution in [3.8, 4) is 0 Å². The van der Waals surface area contributed by atoms with Gasteiger partial charge in [-0.1, -0.05) is 23.7 Å². The highest BCUT2D eigenvalue weighted by Crippen LogP contribution is 2.18. The van der Waals surface area contributed by atoms with Gasteiger partial charge in [0.05, 0.1) is 17.1 Å². The maximum Gasteiger partial charge on any atom is 0.256 e. The van der Waals surface area contributed by atoms with Crippen molar-refractivity contribution in [1.82, 2.24) is 10.3 Å². The van der Waals surface area contributed by atoms with Crippen LogP contribution in [0.2, 0.25) is 5.02 Å². The van der Waals surface area contributed by atoms with E-state index < -0.39 is 17.6 Å². The summed E-state index contributed by atoms with van der Waals surface area (Å²) < 4.78 is 13.6. The number of benzene rings is 1. The van der Waals surface area contributed by atoms with Gasteiger partial charge in [-0.2, -0.15) is 0 Å². The van der Waals surface area contributed by atoms with E-state index in [9.17, 15) is 14.0 Å². The molecule has 0 radical (unpaired) electrons. The Bertz CT molecular complexity index is 701. The first-order valence-corrected chi connectivity index (χ1v) is 6.80. The Morgan fingerprint density at radius 3 is 2.73 bits per heavy atom. The molecular formula is C15H13ClFN3O2. The molecule has 2 amide bonds. The average molecular weight is 322 g/mol. The predicted molar refractivity (Wildman–Crippen MR) is 81.3 cm³/mol. The maximum absolute atomic E-state index is 13.6. The van der Waals surface area contributed by atoms with Crippen LogP contribution < -0.4 is 10.6 Å². The molecule has 0 saturated carbocycles. The lowest BCUT2D eigenvalue weighted by Gasteiger charge is -2.09. The zero-order valence-electron chi connectivity index (χ0n) is 11.7. The number of amides is 2. The third kappa shape index (κ3) is 3.79. The minimum absolute atomic E-state index is 0.0153. The number of halogens is 2. The average Bonchev–Trinajstić information content (AvgIpc) is 2.47. The summed E-state index contributed by atoms with van der Waals surface area (Å²) in [5.74, 6) is -1.56. The molecule has 2 N–H and O–H groups in total. The van der Waals surface area contributed by atoms with Crippen LogP contribution in [0.5, 0.6) is 0 Å². The second-order valence-corrected chi connectivity index (χ2v) is 4.90. The summed E-state index contributed by atoms with van der Waals surface area (Å²) in [4.78, 5) is 27.7. The van der Waals surface area contributed by atoms with Gasteiger partial charge in [-0.25, -0.2) is 9.37 Å². The van der Waals surface area contributed by atoms with Crippen molar-refractivity contribution in [2.75, 3.05) is 11.9 Å². The lowest BCUT2D eigenvalue weighted by atomic mass is 10.2. The second-order valence-electron chi connectivity index (χ2n) is 4.50. The van der Waals surface area contributed by atoms with Crippen LogP contribution in [0.25, 0.3) is 0 Å². The van der Waals surface area contributed by atoms with Crippen molar-refractivity contribution in [2.45, 2.75) is 6.92 Å². The molecule has 1 heterocycles. The Hall–Kier alpha value is -2.47. The Labute approximate surface area is 131 Å². The fourth-order valence-corrected chi connectivity index (χ4v) is 2.01. The van der Waals surface area contributed by atoms with Crippen molar-refractivity contribution < 1.29 is 14.0 Å². The molecule has 0 aliphatic heterocycles. The summed E-state index contributed by atoms with van der Waals surface area (Å²) in [6.07, 6.45) is 1.54. The highest BCUT2D eigenvalue weighted by atomic mass is 35.5. The van der Waals surface area contributed by atoms with Gasteiger partial charge < -0.3 is 10.6 Å². The summed E-state index contributed by atoms with van der Waals surface area (Å²) in [7, 11) is 0. The smallest absolute Gasteiger partial charge is 0.256 e. The van der Waals surface area contributed by atoms with Gasteiger partial charge in [-0.05, 0) is 30.7 Å². The monoisotopic (exact) mass is 321 g/mol. The topological polar surface area (TPSA) is 71.1 Å². The molecule has 114 valence electrons. The highest BCUT2D eigenvalue weighted by Gasteiger charge is 2.16. The van der Waals surface area contributed by atoms with Crippen LogP contribution in [0, 0.1) is 12.7 Å². The van der Waals surface area contributed by atoms with Crippen LogP contribution in [0.3, 0.4) is 0 Å². The van der Waals surface area contributed by atoms with Crippen molar-refractivity contribution in [3.63, 3.8) is 0 Å². The number of hydrogen-bond acceptors (Lipinski definition) is 3. The summed E-state index contributed by atoms with van der Waals surface area (Å²) >= 11 is 5.78. The molecule has 0 aliphatic carbocycles. The van der Waals surface area contributed by atoms with E-state index in [1.807, 2.05) is 0 Å². The molecule has 2 rings (SSSR count). The zero-order chi connectivity index (χ0) is 16.1. The number of rotatable bonds is 4. The molecule has 1 aromatic heterocycles. The van der Waals surface area contributed by atoms with Crippen molar-refractivity contribution in [3.05, 3.63) is 58.5 Å². The number of carbonyl (C=O) groups excluding carboxylic acids is 2. The van der Waals surface area contributed by atoms with Crippen LogP contribution in [-0.2, 0) is 4.79 Å². The van der Waals surface area contributed by atoms with Gasteiger partial charge in [0.15, 0.2) is 0 Å². The second kappa shape index (κ2) is 7.00. The predicted octanol–water partition coefficient (Wildman–Crippen LogP) is 2.55. The van der Waals surface area contributed by atoms with Crippen LogP contribution in [-0.4, -0.2) is 23.3 Å². The van der Waals surface area contributed by atoms with Crippen LogP contribution in [0.4, 0.5) is 10.2 Å². The fourth-order valence-electron chi connectivity index (χ4n) is 1.76. The van der Waals surface area contributed by atoms with Gasteiger partial charge in [0.25, 0.3) is 5.91 Å². The van der Waals surface area contributed by atoms with Gasteiger partial charge in [0, 0.05) is 6.20 Å². The molecule has 0 atom stereocenters. The first kappa shape index (κ1) is 15.9. The lowest BCUT2D eigenvalue weighted by Crippen LogP contribution is -2.33. The Morgan fingerprint density at radius 1 is 1.27 bits per heavy atom. The third-order valence-electron chi connectivity index (χ3n) is 2.87. The highest BCUT2D eigenvalue weighted by molar-refractivity contribution is 6.33. The van der Waals surface area contributed by atoms with Crippen LogP contribution in [0.15, 0.2) is 36.5 Å². The number of aromatic nitrogens is 1. The molecule has 0 unspecified atom stereocenters. The van der Waals surface area contributed by atoms with E-state index in [1.165, 1.54) is 12.1 Å². The molecule has 0 saturated heterocycles. The minimum Gasteiger partial charge on any atom is -0.343 e. The Balaban J connectivity index is 1.97. The number of anilines is 1. The largest absolute Gasteiger partial charge is 0.343 e. The van der Waals surface area contributed by atoms with E-state index in [4.69, 9.17) is 11.6 Å². The number of pyridine rings is 1. The minimum atomic E-state index is -0.754. The summed E-state index contributed by atoms with van der Waals surface area (Å²) in [6, 6.07) is 7.45. The van der Waals surface area contributed by atoms with Gasteiger partial charge in [-0.3, -0.25) is 9.59 Å². The Morgan fingerprint density at radius 2 is 2.05 bits per heavy atom. The van der Waals surface area contributed by atoms with E-state index in [0.717, 1.165) is 11.6 Å². The van der Waals surface area contributed by atoms with Gasteiger partial charge >= 0.3 is 0 Å². The first-order chi connectivity index (χ1) is 10.5. The maximum atomic E-state index is 13.6. The van der Waals surface area contributed by atoms with Crippen LogP contribution in [0.1, 0.15) is 15.9 Å². The van der Waals surface area contributed by atoms with E-state index >= 15 is 0 Å². The molecule has 0 spiro atoms. The number of aryl methyl sites for hydroxylation is 1. The Kier molecular flexibility index (Phi) is 5.06. The molecule has 1 aromatic carbocycles. The van der Waals surface area contributed by atoms with E-state index in [1.54, 1.807) is 25.3 Å². The van der Waals surface area contributed by atoms with E-state index in [-0.39, 0.29) is 17.1 Å². The van der Waals surface area contributed by atoms with Gasteiger partial charge in [-0.15, -0.1) is 0 Å². The first-order valence-electron chi connectivity index (χ1n) is 6.42. The normalized spacial score (nSPS) is 10.1. The van der Waals surface area contributed by atoms with E-state index in [2.05, 4.69) is 15.6 Å². The molecule has 0 bridgehead atoms. The SMILES string of the molecule is Cc1cccnc1NC(=O)CNC(=O)c1c(F)cccc1Cl. The molecule has 5 nitrogen and oxygen atoms in total. The number of carbonyl (C=O) groups is 2. The number of nitrogens with zero attached hydrogens (tertiary/aromatic N) is 1. The quantitative estimate of drug-likeness (QED) is 0.909. The molecule has 0 aliphatic rings. The zero-order valence-corrected chi connectivity index (χ0v) is 12.4. The fraction of sp³-hybridized carbons (Fsp3) is 0.133. The third-order valence-corrected chi connectivity index (χ3v) is 3.18. The molecule has 7 heteroatoms. The van der Waals surface area contributed by atoms with Crippen molar-refractivity contribution in [1.29, 1.82) is 0 Å². The molecular weight excluding hydrogens is 309 g/mol. The van der Waals surface area contributed by atoms with Gasteiger partial charge in [0.1, 0.15) is 11.6 Å². The molecule has 0 fully saturated rings. The summed E-state index contributed by atoms with van der Waals surface area (Å²) in [5.41, 5.74) is 0.505. The molecule has 2 aromatic rings. The summed E-state index contributed by atoms with van der Waals surface area (Å²) in [5, 5.41) is 4.86. The number of nitrogens with one attached hydrogen (secondary N) is 2. The van der Waals surface area contributed by atoms with E-state index in [0.29, 0.717) is 5.82 Å². The molecule has 22 heavy (non-hydrogen) atoms. The number of hydrogen-bond donors (Lipinski definition) is 2. The van der Waals surface area contributed by atoms with Crippen molar-refractivity contribution in [2.24, 2.45) is 0 Å². The van der Waals surface area contributed by atoms with Gasteiger partial charge in [0.2, 0.25) is 5.91 Å². The standard InChI is InChI=1S/C15H13ClFN3O2/c1-9-4-3-7-18-14(9)20-12(21)8-19-15(22)13-10(16)5-2-6-11(13)17/h2-7H,8H2,1H3,(H,19,22)(H,18,20,21). The summed E-state index contributed by atoms with van der Waals surface area (Å²) in [6.45, 7) is 1.47. The van der Waals surface area contributed by atoms with Crippen LogP contribution >= 0.6 is 11.6 Å².